The standard InChI is InChI=1S/C30H26N4O2S2/c1-3-32-23-16-10-11-17-24(23)37-30(32)26-28(36)33(19-18-21-12-6-4-7-13-21)29(38-26)25-20(2)31-34(27(25)35)22-14-8-5-9-15-22/h4-17H,3,18-19H2,1-2H3/b29-25+,30-26-. The number of benzene rings is 3. The molecule has 4 aromatic rings. The van der Waals surface area contributed by atoms with Gasteiger partial charge in [-0.15, -0.1) is 11.3 Å². The second-order valence-corrected chi connectivity index (χ2v) is 11.1. The Morgan fingerprint density at radius 2 is 1.55 bits per heavy atom. The first kappa shape index (κ1) is 24.5. The Morgan fingerprint density at radius 3 is 2.29 bits per heavy atom. The molecule has 0 atom stereocenters. The average Bonchev–Trinajstić information content (AvgIpc) is 3.58. The Labute approximate surface area is 228 Å². The van der Waals surface area contributed by atoms with Crippen LogP contribution in [0.25, 0.3) is 10.6 Å². The highest BCUT2D eigenvalue weighted by atomic mass is 32.2. The summed E-state index contributed by atoms with van der Waals surface area (Å²) in [4.78, 5) is 31.1. The Balaban J connectivity index is 1.55. The number of hydrogen-bond donors (Lipinski definition) is 0. The molecule has 38 heavy (non-hydrogen) atoms. The zero-order chi connectivity index (χ0) is 26.2. The van der Waals surface area contributed by atoms with E-state index in [1.807, 2.05) is 67.6 Å². The molecular formula is C30H26N4O2S2. The maximum absolute atomic E-state index is 14.1. The SMILES string of the molecule is CCN1/C(=c2/s/c(=C3/C(=O)N(c4ccccc4)N=C3C)n(CCc3ccccc3)c2=O)Sc2ccccc21. The molecule has 6 nitrogen and oxygen atoms in total. The van der Waals surface area contributed by atoms with Crippen molar-refractivity contribution < 1.29 is 4.79 Å². The Morgan fingerprint density at radius 1 is 0.868 bits per heavy atom. The fourth-order valence-electron chi connectivity index (χ4n) is 4.83. The van der Waals surface area contributed by atoms with Gasteiger partial charge >= 0.3 is 0 Å². The molecule has 0 bridgehead atoms. The number of hydrazone groups is 1. The fraction of sp³-hybridized carbons (Fsp3) is 0.167. The van der Waals surface area contributed by atoms with Gasteiger partial charge in [0, 0.05) is 18.0 Å². The van der Waals surface area contributed by atoms with Crippen LogP contribution in [0.5, 0.6) is 0 Å². The molecule has 0 saturated heterocycles. The van der Waals surface area contributed by atoms with Crippen molar-refractivity contribution in [1.82, 2.24) is 4.57 Å². The van der Waals surface area contributed by atoms with Gasteiger partial charge in [-0.3, -0.25) is 14.2 Å². The van der Waals surface area contributed by atoms with Crippen molar-refractivity contribution in [3.63, 3.8) is 0 Å². The maximum atomic E-state index is 14.1. The number of carbonyl (C=O) groups excluding carboxylic acids is 1. The molecule has 1 aromatic heterocycles. The van der Waals surface area contributed by atoms with Gasteiger partial charge in [0.15, 0.2) is 0 Å². The molecule has 8 heteroatoms. The van der Waals surface area contributed by atoms with E-state index in [-0.39, 0.29) is 11.5 Å². The second kappa shape index (κ2) is 10.1. The van der Waals surface area contributed by atoms with Crippen molar-refractivity contribution in [2.75, 3.05) is 16.5 Å². The molecule has 190 valence electrons. The molecule has 0 N–H and O–H groups in total. The lowest BCUT2D eigenvalue weighted by molar-refractivity contribution is -0.112. The molecule has 0 saturated carbocycles. The molecule has 0 radical (unpaired) electrons. The number of aromatic nitrogens is 1. The third-order valence-electron chi connectivity index (χ3n) is 6.70. The summed E-state index contributed by atoms with van der Waals surface area (Å²) in [5.41, 5.74) is 3.98. The molecule has 0 spiro atoms. The van der Waals surface area contributed by atoms with Gasteiger partial charge in [-0.05, 0) is 50.1 Å². The Kier molecular flexibility index (Phi) is 6.51. The minimum absolute atomic E-state index is 0.0686. The van der Waals surface area contributed by atoms with E-state index >= 15 is 0 Å². The number of carbonyl (C=O) groups is 1. The van der Waals surface area contributed by atoms with Crippen LogP contribution in [0.15, 0.2) is 99.7 Å². The number of thioether (sulfide) groups is 1. The first-order valence-corrected chi connectivity index (χ1v) is 14.2. The van der Waals surface area contributed by atoms with Crippen LogP contribution < -0.4 is 24.7 Å². The number of nitrogens with zero attached hydrogens (tertiary/aromatic N) is 4. The van der Waals surface area contributed by atoms with E-state index in [2.05, 4.69) is 41.2 Å². The summed E-state index contributed by atoms with van der Waals surface area (Å²) in [5, 5.41) is 6.94. The van der Waals surface area contributed by atoms with Gasteiger partial charge in [0.25, 0.3) is 11.5 Å². The highest BCUT2D eigenvalue weighted by Crippen LogP contribution is 2.45. The van der Waals surface area contributed by atoms with Crippen LogP contribution in [0.1, 0.15) is 19.4 Å². The molecule has 0 unspecified atom stereocenters. The Bertz CT molecular complexity index is 1740. The van der Waals surface area contributed by atoms with E-state index in [0.29, 0.717) is 39.1 Å². The second-order valence-electron chi connectivity index (χ2n) is 9.06. The van der Waals surface area contributed by atoms with Crippen molar-refractivity contribution in [3.8, 4) is 0 Å². The number of para-hydroxylation sites is 2. The van der Waals surface area contributed by atoms with Crippen LogP contribution in [0.2, 0.25) is 0 Å². The number of fused-ring (bicyclic) bond motifs is 1. The van der Waals surface area contributed by atoms with E-state index < -0.39 is 0 Å². The zero-order valence-electron chi connectivity index (χ0n) is 21.1. The lowest BCUT2D eigenvalue weighted by atomic mass is 10.1. The number of aryl methyl sites for hydroxylation is 1. The van der Waals surface area contributed by atoms with Gasteiger partial charge in [0.05, 0.1) is 22.7 Å². The summed E-state index contributed by atoms with van der Waals surface area (Å²) in [6.45, 7) is 5.15. The summed E-state index contributed by atoms with van der Waals surface area (Å²) >= 11 is 3.01. The van der Waals surface area contributed by atoms with Crippen molar-refractivity contribution in [2.45, 2.75) is 31.7 Å². The van der Waals surface area contributed by atoms with Crippen molar-refractivity contribution in [1.29, 1.82) is 0 Å². The predicted molar refractivity (Wildman–Crippen MR) is 157 cm³/mol. The molecule has 0 aliphatic carbocycles. The first-order valence-electron chi connectivity index (χ1n) is 12.6. The van der Waals surface area contributed by atoms with Crippen molar-refractivity contribution in [2.24, 2.45) is 5.10 Å². The quantitative estimate of drug-likeness (QED) is 0.378. The Hall–Kier alpha value is -3.88. The minimum atomic E-state index is -0.213. The third-order valence-corrected chi connectivity index (χ3v) is 9.20. The van der Waals surface area contributed by atoms with E-state index in [1.54, 1.807) is 16.3 Å². The largest absolute Gasteiger partial charge is 0.334 e. The van der Waals surface area contributed by atoms with E-state index in [4.69, 9.17) is 0 Å². The van der Waals surface area contributed by atoms with Gasteiger partial charge in [0.2, 0.25) is 0 Å². The summed E-state index contributed by atoms with van der Waals surface area (Å²) in [5.74, 6) is -0.213. The summed E-state index contributed by atoms with van der Waals surface area (Å²) in [6, 6.07) is 27.7. The van der Waals surface area contributed by atoms with E-state index in [0.717, 1.165) is 27.7 Å². The van der Waals surface area contributed by atoms with Gasteiger partial charge < -0.3 is 4.90 Å². The number of anilines is 2. The van der Waals surface area contributed by atoms with Gasteiger partial charge in [-0.2, -0.15) is 10.1 Å². The van der Waals surface area contributed by atoms with Crippen LogP contribution in [0.4, 0.5) is 11.4 Å². The van der Waals surface area contributed by atoms with Crippen LogP contribution in [-0.2, 0) is 17.8 Å². The molecule has 1 amide bonds. The monoisotopic (exact) mass is 538 g/mol. The van der Waals surface area contributed by atoms with E-state index in [9.17, 15) is 9.59 Å². The third kappa shape index (κ3) is 4.19. The van der Waals surface area contributed by atoms with Crippen LogP contribution in [0, 0.1) is 0 Å². The highest BCUT2D eigenvalue weighted by molar-refractivity contribution is 8.08. The van der Waals surface area contributed by atoms with Crippen LogP contribution in [-0.4, -0.2) is 22.7 Å². The van der Waals surface area contributed by atoms with Gasteiger partial charge in [0.1, 0.15) is 14.2 Å². The van der Waals surface area contributed by atoms with Gasteiger partial charge in [-0.1, -0.05) is 72.4 Å². The summed E-state index contributed by atoms with van der Waals surface area (Å²) in [7, 11) is 0. The smallest absolute Gasteiger partial charge is 0.283 e. The minimum Gasteiger partial charge on any atom is -0.334 e. The number of rotatable bonds is 5. The molecule has 3 aromatic carbocycles. The molecule has 2 aliphatic rings. The highest BCUT2D eigenvalue weighted by Gasteiger charge is 2.32. The van der Waals surface area contributed by atoms with Gasteiger partial charge in [-0.25, -0.2) is 0 Å². The van der Waals surface area contributed by atoms with Crippen molar-refractivity contribution >= 4 is 56.7 Å². The molecule has 2 aliphatic heterocycles. The topological polar surface area (TPSA) is 57.9 Å². The number of thiazole rings is 1. The predicted octanol–water partition coefficient (Wildman–Crippen LogP) is 4.42. The first-order chi connectivity index (χ1) is 18.6. The van der Waals surface area contributed by atoms with Crippen molar-refractivity contribution in [3.05, 3.63) is 110 Å². The molecule has 6 rings (SSSR count). The lowest BCUT2D eigenvalue weighted by Crippen LogP contribution is -2.36. The average molecular weight is 539 g/mol. The lowest BCUT2D eigenvalue weighted by Gasteiger charge is -2.16. The maximum Gasteiger partial charge on any atom is 0.283 e. The van der Waals surface area contributed by atoms with E-state index in [1.165, 1.54) is 16.3 Å². The number of amides is 1. The number of hydrogen-bond acceptors (Lipinski definition) is 6. The summed E-state index contributed by atoms with van der Waals surface area (Å²) in [6.07, 6.45) is 0.685. The molecular weight excluding hydrogens is 512 g/mol. The summed E-state index contributed by atoms with van der Waals surface area (Å²) < 4.78 is 3.09. The molecule has 0 fully saturated rings. The fourth-order valence-corrected chi connectivity index (χ4v) is 7.45. The zero-order valence-corrected chi connectivity index (χ0v) is 22.8. The molecule has 3 heterocycles. The normalized spacial score (nSPS) is 17.7. The van der Waals surface area contributed by atoms with Crippen LogP contribution in [0.3, 0.4) is 0 Å². The van der Waals surface area contributed by atoms with Crippen LogP contribution >= 0.6 is 23.1 Å².